The van der Waals surface area contributed by atoms with Crippen molar-refractivity contribution in [2.75, 3.05) is 12.4 Å². The molecule has 1 aromatic heterocycles. The number of nitrogens with zero attached hydrogens (tertiary/aromatic N) is 1. The van der Waals surface area contributed by atoms with Gasteiger partial charge in [-0.2, -0.15) is 0 Å². The molecule has 0 saturated heterocycles. The van der Waals surface area contributed by atoms with Crippen LogP contribution in [0.4, 0.5) is 5.69 Å². The van der Waals surface area contributed by atoms with Crippen molar-refractivity contribution in [1.29, 1.82) is 0 Å². The fraction of sp³-hybridized carbons (Fsp3) is 0.111. The summed E-state index contributed by atoms with van der Waals surface area (Å²) in [7, 11) is 1.58. The van der Waals surface area contributed by atoms with Crippen LogP contribution in [0, 0.1) is 6.92 Å². The highest BCUT2D eigenvalue weighted by Gasteiger charge is 2.22. The van der Waals surface area contributed by atoms with Crippen LogP contribution in [0.25, 0.3) is 11.3 Å². The van der Waals surface area contributed by atoms with Crippen molar-refractivity contribution in [2.24, 2.45) is 0 Å². The molecule has 1 heterocycles. The van der Waals surface area contributed by atoms with Crippen LogP contribution >= 0.6 is 15.9 Å². The molecule has 0 fully saturated rings. The second kappa shape index (κ2) is 6.88. The van der Waals surface area contributed by atoms with Crippen LogP contribution in [0.2, 0.25) is 0 Å². The van der Waals surface area contributed by atoms with Crippen LogP contribution < -0.4 is 10.1 Å². The number of benzene rings is 2. The van der Waals surface area contributed by atoms with Crippen molar-refractivity contribution in [1.82, 2.24) is 5.16 Å². The van der Waals surface area contributed by atoms with Gasteiger partial charge in [-0.1, -0.05) is 39.3 Å². The number of ether oxygens (including phenoxy) is 1. The number of carbonyl (C=O) groups is 1. The van der Waals surface area contributed by atoms with E-state index in [0.29, 0.717) is 28.5 Å². The summed E-state index contributed by atoms with van der Waals surface area (Å²) >= 11 is 3.42. The first kappa shape index (κ1) is 16.3. The molecule has 0 aliphatic carbocycles. The Morgan fingerprint density at radius 3 is 2.75 bits per heavy atom. The van der Waals surface area contributed by atoms with Gasteiger partial charge in [-0.3, -0.25) is 4.79 Å². The van der Waals surface area contributed by atoms with Crippen molar-refractivity contribution in [2.45, 2.75) is 6.92 Å². The topological polar surface area (TPSA) is 64.4 Å². The summed E-state index contributed by atoms with van der Waals surface area (Å²) in [5, 5.41) is 6.90. The number of rotatable bonds is 4. The highest BCUT2D eigenvalue weighted by molar-refractivity contribution is 9.10. The fourth-order valence-electron chi connectivity index (χ4n) is 2.37. The minimum Gasteiger partial charge on any atom is -0.497 e. The Labute approximate surface area is 147 Å². The SMILES string of the molecule is COc1cccc(NC(=O)c2c(-c3cccc(Br)c3)noc2C)c1. The van der Waals surface area contributed by atoms with Crippen molar-refractivity contribution in [3.05, 3.63) is 64.3 Å². The number of halogens is 1. The maximum absolute atomic E-state index is 12.7. The van der Waals surface area contributed by atoms with Crippen LogP contribution in [0.15, 0.2) is 57.5 Å². The molecule has 0 aliphatic rings. The number of hydrogen-bond acceptors (Lipinski definition) is 4. The van der Waals surface area contributed by atoms with Gasteiger partial charge in [0.05, 0.1) is 7.11 Å². The lowest BCUT2D eigenvalue weighted by Gasteiger charge is -2.07. The summed E-state index contributed by atoms with van der Waals surface area (Å²) in [5.74, 6) is 0.851. The van der Waals surface area contributed by atoms with Gasteiger partial charge in [-0.15, -0.1) is 0 Å². The average molecular weight is 387 g/mol. The van der Waals surface area contributed by atoms with Gasteiger partial charge in [0.1, 0.15) is 22.8 Å². The van der Waals surface area contributed by atoms with Crippen LogP contribution in [0.1, 0.15) is 16.1 Å². The van der Waals surface area contributed by atoms with Crippen LogP contribution in [-0.4, -0.2) is 18.2 Å². The predicted molar refractivity (Wildman–Crippen MR) is 95.3 cm³/mol. The molecule has 1 N–H and O–H groups in total. The Morgan fingerprint density at radius 2 is 2.00 bits per heavy atom. The summed E-state index contributed by atoms with van der Waals surface area (Å²) in [6, 6.07) is 14.7. The third-order valence-corrected chi connectivity index (χ3v) is 4.01. The van der Waals surface area contributed by atoms with Gasteiger partial charge in [0.25, 0.3) is 5.91 Å². The molecule has 1 amide bonds. The van der Waals surface area contributed by atoms with Crippen LogP contribution in [-0.2, 0) is 0 Å². The fourth-order valence-corrected chi connectivity index (χ4v) is 2.77. The maximum Gasteiger partial charge on any atom is 0.261 e. The number of hydrogen-bond donors (Lipinski definition) is 1. The molecule has 0 radical (unpaired) electrons. The van der Waals surface area contributed by atoms with E-state index in [0.717, 1.165) is 10.0 Å². The van der Waals surface area contributed by atoms with Crippen molar-refractivity contribution in [3.63, 3.8) is 0 Å². The van der Waals surface area contributed by atoms with Gasteiger partial charge in [-0.05, 0) is 31.2 Å². The zero-order valence-corrected chi connectivity index (χ0v) is 14.8. The number of nitrogens with one attached hydrogen (secondary N) is 1. The van der Waals surface area contributed by atoms with Gasteiger partial charge in [0, 0.05) is 21.8 Å². The second-order valence-corrected chi connectivity index (χ2v) is 6.07. The molecular weight excluding hydrogens is 372 g/mol. The lowest BCUT2D eigenvalue weighted by atomic mass is 10.1. The van der Waals surface area contributed by atoms with Crippen molar-refractivity contribution < 1.29 is 14.1 Å². The Hall–Kier alpha value is -2.60. The van der Waals surface area contributed by atoms with Gasteiger partial charge in [0.2, 0.25) is 0 Å². The van der Waals surface area contributed by atoms with Gasteiger partial charge < -0.3 is 14.6 Å². The van der Waals surface area contributed by atoms with E-state index in [1.165, 1.54) is 0 Å². The first-order valence-electron chi connectivity index (χ1n) is 7.26. The van der Waals surface area contributed by atoms with Crippen LogP contribution in [0.5, 0.6) is 5.75 Å². The molecule has 0 aliphatic heterocycles. The molecule has 122 valence electrons. The summed E-state index contributed by atoms with van der Waals surface area (Å²) in [5.41, 5.74) is 2.36. The molecule has 3 aromatic rings. The summed E-state index contributed by atoms with van der Waals surface area (Å²) in [6.07, 6.45) is 0. The van der Waals surface area contributed by atoms with Gasteiger partial charge >= 0.3 is 0 Å². The number of aryl methyl sites for hydroxylation is 1. The zero-order valence-electron chi connectivity index (χ0n) is 13.2. The predicted octanol–water partition coefficient (Wildman–Crippen LogP) is 4.67. The van der Waals surface area contributed by atoms with E-state index < -0.39 is 0 Å². The van der Waals surface area contributed by atoms with Gasteiger partial charge in [0.15, 0.2) is 0 Å². The molecule has 3 rings (SSSR count). The monoisotopic (exact) mass is 386 g/mol. The smallest absolute Gasteiger partial charge is 0.261 e. The standard InChI is InChI=1S/C18H15BrN2O3/c1-11-16(17(21-24-11)12-5-3-6-13(19)9-12)18(22)20-14-7-4-8-15(10-14)23-2/h3-10H,1-2H3,(H,20,22). The number of carbonyl (C=O) groups excluding carboxylic acids is 1. The Bertz CT molecular complexity index is 889. The Balaban J connectivity index is 1.94. The van der Waals surface area contributed by atoms with E-state index in [2.05, 4.69) is 26.4 Å². The molecule has 5 nitrogen and oxygen atoms in total. The van der Waals surface area contributed by atoms with E-state index in [9.17, 15) is 4.79 Å². The lowest BCUT2D eigenvalue weighted by molar-refractivity contribution is 0.102. The van der Waals surface area contributed by atoms with Crippen LogP contribution in [0.3, 0.4) is 0 Å². The average Bonchev–Trinajstić information content (AvgIpc) is 2.97. The number of aromatic nitrogens is 1. The summed E-state index contributed by atoms with van der Waals surface area (Å²) in [6.45, 7) is 1.72. The van der Waals surface area contributed by atoms with E-state index in [1.807, 2.05) is 36.4 Å². The molecule has 2 aromatic carbocycles. The molecule has 6 heteroatoms. The van der Waals surface area contributed by atoms with Crippen molar-refractivity contribution >= 4 is 27.5 Å². The van der Waals surface area contributed by atoms with E-state index in [-0.39, 0.29) is 5.91 Å². The van der Waals surface area contributed by atoms with E-state index in [4.69, 9.17) is 9.26 Å². The highest BCUT2D eigenvalue weighted by atomic mass is 79.9. The molecule has 0 spiro atoms. The quantitative estimate of drug-likeness (QED) is 0.707. The molecular formula is C18H15BrN2O3. The zero-order chi connectivity index (χ0) is 17.1. The second-order valence-electron chi connectivity index (χ2n) is 5.16. The maximum atomic E-state index is 12.7. The van der Waals surface area contributed by atoms with E-state index in [1.54, 1.807) is 26.2 Å². The first-order chi connectivity index (χ1) is 11.6. The highest BCUT2D eigenvalue weighted by Crippen LogP contribution is 2.28. The molecule has 0 saturated carbocycles. The Kier molecular flexibility index (Phi) is 4.66. The number of methoxy groups -OCH3 is 1. The van der Waals surface area contributed by atoms with E-state index >= 15 is 0 Å². The lowest BCUT2D eigenvalue weighted by Crippen LogP contribution is -2.13. The third-order valence-electron chi connectivity index (χ3n) is 3.52. The summed E-state index contributed by atoms with van der Waals surface area (Å²) in [4.78, 5) is 12.7. The number of anilines is 1. The minimum absolute atomic E-state index is 0.281. The first-order valence-corrected chi connectivity index (χ1v) is 8.05. The minimum atomic E-state index is -0.281. The summed E-state index contributed by atoms with van der Waals surface area (Å²) < 4.78 is 11.3. The molecule has 24 heavy (non-hydrogen) atoms. The largest absolute Gasteiger partial charge is 0.497 e. The van der Waals surface area contributed by atoms with Gasteiger partial charge in [-0.25, -0.2) is 0 Å². The Morgan fingerprint density at radius 1 is 1.21 bits per heavy atom. The number of amides is 1. The third kappa shape index (κ3) is 3.33. The normalized spacial score (nSPS) is 10.5. The van der Waals surface area contributed by atoms with Crippen molar-refractivity contribution in [3.8, 4) is 17.0 Å². The molecule has 0 unspecified atom stereocenters. The molecule has 0 atom stereocenters. The molecule has 0 bridgehead atoms.